The number of hydrogen-bond acceptors (Lipinski definition) is 1. The molecule has 1 heteroatoms. The molecule has 1 aromatic carbocycles. The van der Waals surface area contributed by atoms with Gasteiger partial charge in [0.1, 0.15) is 5.78 Å². The van der Waals surface area contributed by atoms with Crippen molar-refractivity contribution in [3.63, 3.8) is 0 Å². The first kappa shape index (κ1) is 12.0. The van der Waals surface area contributed by atoms with E-state index in [1.54, 1.807) is 0 Å². The number of rotatable bonds is 5. The summed E-state index contributed by atoms with van der Waals surface area (Å²) in [5.41, 5.74) is 1.26. The molecule has 0 spiro atoms. The Balaban J connectivity index is 2.72. The van der Waals surface area contributed by atoms with Crippen molar-refractivity contribution in [1.29, 1.82) is 0 Å². The molecule has 0 radical (unpaired) electrons. The van der Waals surface area contributed by atoms with E-state index in [0.29, 0.717) is 18.1 Å². The third-order valence-corrected chi connectivity index (χ3v) is 2.87. The summed E-state index contributed by atoms with van der Waals surface area (Å²) in [6.45, 7) is 6.20. The Hall–Kier alpha value is -1.11. The van der Waals surface area contributed by atoms with Gasteiger partial charge in [0.25, 0.3) is 0 Å². The number of carbonyl (C=O) groups is 1. The summed E-state index contributed by atoms with van der Waals surface area (Å²) in [5, 5.41) is 0. The van der Waals surface area contributed by atoms with Gasteiger partial charge in [-0.1, -0.05) is 51.1 Å². The summed E-state index contributed by atoms with van der Waals surface area (Å²) in [6, 6.07) is 10.3. The van der Waals surface area contributed by atoms with Crippen LogP contribution in [0.3, 0.4) is 0 Å². The lowest BCUT2D eigenvalue weighted by Gasteiger charge is -2.18. The fourth-order valence-electron chi connectivity index (χ4n) is 1.85. The number of carbonyl (C=O) groups excluding carboxylic acids is 1. The molecule has 1 rings (SSSR count). The van der Waals surface area contributed by atoms with Crippen molar-refractivity contribution in [2.45, 2.75) is 33.6 Å². The molecular weight excluding hydrogens is 184 g/mol. The van der Waals surface area contributed by atoms with E-state index in [2.05, 4.69) is 26.0 Å². The molecule has 0 N–H and O–H groups in total. The van der Waals surface area contributed by atoms with Gasteiger partial charge in [0.2, 0.25) is 0 Å². The molecule has 0 amide bonds. The molecule has 1 unspecified atom stereocenters. The first-order chi connectivity index (χ1) is 7.15. The van der Waals surface area contributed by atoms with Gasteiger partial charge in [0.15, 0.2) is 0 Å². The highest BCUT2D eigenvalue weighted by Gasteiger charge is 2.20. The van der Waals surface area contributed by atoms with Crippen molar-refractivity contribution in [3.05, 3.63) is 35.9 Å². The Labute approximate surface area is 92.5 Å². The molecule has 0 heterocycles. The van der Waals surface area contributed by atoms with E-state index in [1.807, 2.05) is 25.1 Å². The highest BCUT2D eigenvalue weighted by Crippen LogP contribution is 2.19. The second-order valence-electron chi connectivity index (χ2n) is 4.36. The molecule has 0 saturated carbocycles. The summed E-state index contributed by atoms with van der Waals surface area (Å²) in [5.74, 6) is 0.990. The van der Waals surface area contributed by atoms with Crippen molar-refractivity contribution < 1.29 is 4.79 Å². The zero-order valence-corrected chi connectivity index (χ0v) is 9.86. The Morgan fingerprint density at radius 1 is 1.20 bits per heavy atom. The lowest BCUT2D eigenvalue weighted by atomic mass is 9.85. The van der Waals surface area contributed by atoms with Gasteiger partial charge in [-0.2, -0.15) is 0 Å². The predicted molar refractivity (Wildman–Crippen MR) is 63.8 cm³/mol. The maximum atomic E-state index is 11.8. The summed E-state index contributed by atoms with van der Waals surface area (Å²) in [7, 11) is 0. The zero-order valence-electron chi connectivity index (χ0n) is 9.86. The van der Waals surface area contributed by atoms with Crippen molar-refractivity contribution >= 4 is 5.78 Å². The van der Waals surface area contributed by atoms with E-state index in [0.717, 1.165) is 6.42 Å². The minimum absolute atomic E-state index is 0.178. The fourth-order valence-corrected chi connectivity index (χ4v) is 1.85. The minimum atomic E-state index is 0.178. The number of benzene rings is 1. The van der Waals surface area contributed by atoms with E-state index in [4.69, 9.17) is 0 Å². The van der Waals surface area contributed by atoms with E-state index >= 15 is 0 Å². The van der Waals surface area contributed by atoms with E-state index in [9.17, 15) is 4.79 Å². The standard InChI is InChI=1S/C14H20O/c1-4-14(15)13(11(2)3)10-12-8-6-5-7-9-12/h5-9,11,13H,4,10H2,1-3H3. The van der Waals surface area contributed by atoms with Crippen LogP contribution in [0.4, 0.5) is 0 Å². The van der Waals surface area contributed by atoms with E-state index < -0.39 is 0 Å². The van der Waals surface area contributed by atoms with Crippen LogP contribution in [0.15, 0.2) is 30.3 Å². The maximum absolute atomic E-state index is 11.8. The molecule has 82 valence electrons. The largest absolute Gasteiger partial charge is 0.299 e. The van der Waals surface area contributed by atoms with Gasteiger partial charge < -0.3 is 0 Å². The van der Waals surface area contributed by atoms with Gasteiger partial charge >= 0.3 is 0 Å². The molecule has 0 fully saturated rings. The summed E-state index contributed by atoms with van der Waals surface area (Å²) in [4.78, 5) is 11.8. The number of hydrogen-bond donors (Lipinski definition) is 0. The molecule has 1 atom stereocenters. The average molecular weight is 204 g/mol. The molecule has 1 nitrogen and oxygen atoms in total. The topological polar surface area (TPSA) is 17.1 Å². The van der Waals surface area contributed by atoms with Crippen molar-refractivity contribution in [2.75, 3.05) is 0 Å². The second-order valence-corrected chi connectivity index (χ2v) is 4.36. The van der Waals surface area contributed by atoms with Gasteiger partial charge in [-0.25, -0.2) is 0 Å². The van der Waals surface area contributed by atoms with E-state index in [-0.39, 0.29) is 5.92 Å². The smallest absolute Gasteiger partial charge is 0.136 e. The Bertz CT molecular complexity index is 300. The predicted octanol–water partition coefficient (Wildman–Crippen LogP) is 3.48. The molecule has 15 heavy (non-hydrogen) atoms. The summed E-state index contributed by atoms with van der Waals surface area (Å²) < 4.78 is 0. The van der Waals surface area contributed by atoms with Crippen molar-refractivity contribution in [1.82, 2.24) is 0 Å². The van der Waals surface area contributed by atoms with Crippen LogP contribution in [0.25, 0.3) is 0 Å². The van der Waals surface area contributed by atoms with Crippen LogP contribution in [0.5, 0.6) is 0 Å². The van der Waals surface area contributed by atoms with Gasteiger partial charge in [0, 0.05) is 12.3 Å². The molecule has 0 aliphatic heterocycles. The molecule has 0 bridgehead atoms. The third-order valence-electron chi connectivity index (χ3n) is 2.87. The third kappa shape index (κ3) is 3.50. The van der Waals surface area contributed by atoms with Gasteiger partial charge in [-0.05, 0) is 17.9 Å². The monoisotopic (exact) mass is 204 g/mol. The van der Waals surface area contributed by atoms with Crippen LogP contribution in [0, 0.1) is 11.8 Å². The number of Topliss-reactive ketones (excluding diaryl/α,β-unsaturated/α-hetero) is 1. The van der Waals surface area contributed by atoms with Gasteiger partial charge in [0.05, 0.1) is 0 Å². The SMILES string of the molecule is CCC(=O)C(Cc1ccccc1)C(C)C. The maximum Gasteiger partial charge on any atom is 0.136 e. The second kappa shape index (κ2) is 5.69. The Kier molecular flexibility index (Phi) is 4.54. The average Bonchev–Trinajstić information content (AvgIpc) is 2.26. The minimum Gasteiger partial charge on any atom is -0.299 e. The van der Waals surface area contributed by atoms with Gasteiger partial charge in [-0.15, -0.1) is 0 Å². The summed E-state index contributed by atoms with van der Waals surface area (Å²) >= 11 is 0. The van der Waals surface area contributed by atoms with E-state index in [1.165, 1.54) is 5.56 Å². The van der Waals surface area contributed by atoms with Crippen LogP contribution in [0.1, 0.15) is 32.8 Å². The molecule has 0 aliphatic carbocycles. The van der Waals surface area contributed by atoms with Gasteiger partial charge in [-0.3, -0.25) is 4.79 Å². The molecule has 0 aliphatic rings. The normalized spacial score (nSPS) is 12.8. The van der Waals surface area contributed by atoms with Crippen LogP contribution >= 0.6 is 0 Å². The summed E-state index contributed by atoms with van der Waals surface area (Å²) in [6.07, 6.45) is 1.53. The molecular formula is C14H20O. The van der Waals surface area contributed by atoms with Crippen LogP contribution in [-0.4, -0.2) is 5.78 Å². The Morgan fingerprint density at radius 3 is 2.27 bits per heavy atom. The molecule has 1 aromatic rings. The Morgan fingerprint density at radius 2 is 1.80 bits per heavy atom. The lowest BCUT2D eigenvalue weighted by Crippen LogP contribution is -2.21. The highest BCUT2D eigenvalue weighted by molar-refractivity contribution is 5.81. The van der Waals surface area contributed by atoms with Crippen LogP contribution in [-0.2, 0) is 11.2 Å². The van der Waals surface area contributed by atoms with Crippen molar-refractivity contribution in [3.8, 4) is 0 Å². The van der Waals surface area contributed by atoms with Crippen molar-refractivity contribution in [2.24, 2.45) is 11.8 Å². The molecule has 0 saturated heterocycles. The molecule has 0 aromatic heterocycles. The number of ketones is 1. The van der Waals surface area contributed by atoms with Crippen LogP contribution in [0.2, 0.25) is 0 Å². The quantitative estimate of drug-likeness (QED) is 0.717. The highest BCUT2D eigenvalue weighted by atomic mass is 16.1. The first-order valence-corrected chi connectivity index (χ1v) is 5.71. The van der Waals surface area contributed by atoms with Crippen LogP contribution < -0.4 is 0 Å². The zero-order chi connectivity index (χ0) is 11.3. The lowest BCUT2D eigenvalue weighted by molar-refractivity contribution is -0.123. The first-order valence-electron chi connectivity index (χ1n) is 5.71. The fraction of sp³-hybridized carbons (Fsp3) is 0.500.